The SMILES string of the molecule is CCCCCCCCCCc1cccc(Oc2c([O-])cccc2S(=O)(=O)O)c1.[K+]. The normalized spacial score (nSPS) is 11.1. The summed E-state index contributed by atoms with van der Waals surface area (Å²) in [6.45, 7) is 2.22. The molecule has 0 spiro atoms. The Kier molecular flexibility index (Phi) is 12.7. The number of hydrogen-bond acceptors (Lipinski definition) is 4. The standard InChI is InChI=1S/C22H30O5S.K/c1-2-3-4-5-6-7-8-9-12-18-13-10-14-19(17-18)27-22-20(23)15-11-16-21(22)28(24,25)26;/h10-11,13-17,23H,2-9,12H2,1H3,(H,24,25,26);/q;+1/p-1. The van der Waals surface area contributed by atoms with E-state index in [4.69, 9.17) is 4.74 Å². The molecule has 2 aromatic rings. The summed E-state index contributed by atoms with van der Waals surface area (Å²) in [6, 6.07) is 10.9. The third-order valence-corrected chi connectivity index (χ3v) is 5.54. The number of unbranched alkanes of at least 4 members (excludes halogenated alkanes) is 7. The van der Waals surface area contributed by atoms with Gasteiger partial charge in [0.1, 0.15) is 16.4 Å². The minimum absolute atomic E-state index is 0. The average Bonchev–Trinajstić information content (AvgIpc) is 2.65. The first-order valence-corrected chi connectivity index (χ1v) is 11.4. The van der Waals surface area contributed by atoms with Crippen LogP contribution in [0.1, 0.15) is 63.9 Å². The van der Waals surface area contributed by atoms with Crippen molar-refractivity contribution < 1.29 is 74.2 Å². The summed E-state index contributed by atoms with van der Waals surface area (Å²) in [6.07, 6.45) is 10.9. The molecule has 0 radical (unpaired) electrons. The van der Waals surface area contributed by atoms with Gasteiger partial charge in [-0.05, 0) is 36.6 Å². The van der Waals surface area contributed by atoms with Crippen LogP contribution in [0.25, 0.3) is 0 Å². The molecule has 0 unspecified atom stereocenters. The first-order valence-electron chi connectivity index (χ1n) is 9.96. The molecular weight excluding hydrogens is 415 g/mol. The maximum absolute atomic E-state index is 12.0. The number of para-hydroxylation sites is 1. The zero-order valence-electron chi connectivity index (χ0n) is 17.4. The Morgan fingerprint density at radius 2 is 1.55 bits per heavy atom. The Hall–Kier alpha value is -0.414. The van der Waals surface area contributed by atoms with Crippen molar-refractivity contribution in [3.63, 3.8) is 0 Å². The molecular formula is C22H29KO5S. The molecule has 2 aromatic carbocycles. The molecule has 29 heavy (non-hydrogen) atoms. The van der Waals surface area contributed by atoms with E-state index in [9.17, 15) is 18.1 Å². The predicted octanol–water partition coefficient (Wildman–Crippen LogP) is 2.49. The first kappa shape index (κ1) is 26.6. The molecule has 0 saturated carbocycles. The summed E-state index contributed by atoms with van der Waals surface area (Å²) in [4.78, 5) is -0.520. The largest absolute Gasteiger partial charge is 1.00 e. The molecule has 0 aliphatic carbocycles. The fourth-order valence-corrected chi connectivity index (χ4v) is 3.77. The van der Waals surface area contributed by atoms with Crippen molar-refractivity contribution in [2.24, 2.45) is 0 Å². The van der Waals surface area contributed by atoms with E-state index in [1.165, 1.54) is 57.1 Å². The molecule has 0 atom stereocenters. The van der Waals surface area contributed by atoms with E-state index in [0.717, 1.165) is 24.5 Å². The molecule has 0 aromatic heterocycles. The van der Waals surface area contributed by atoms with E-state index >= 15 is 0 Å². The third-order valence-electron chi connectivity index (χ3n) is 4.66. The van der Waals surface area contributed by atoms with Gasteiger partial charge in [-0.3, -0.25) is 4.55 Å². The van der Waals surface area contributed by atoms with Gasteiger partial charge < -0.3 is 9.84 Å². The van der Waals surface area contributed by atoms with Gasteiger partial charge in [0.25, 0.3) is 10.1 Å². The van der Waals surface area contributed by atoms with Crippen molar-refractivity contribution >= 4 is 10.1 Å². The fraction of sp³-hybridized carbons (Fsp3) is 0.455. The zero-order chi connectivity index (χ0) is 20.4. The average molecular weight is 445 g/mol. The molecule has 0 bridgehead atoms. The molecule has 0 aliphatic heterocycles. The molecule has 7 heteroatoms. The summed E-state index contributed by atoms with van der Waals surface area (Å²) in [5.74, 6) is -0.594. The van der Waals surface area contributed by atoms with Crippen molar-refractivity contribution in [3.8, 4) is 17.2 Å². The Morgan fingerprint density at radius 1 is 0.931 bits per heavy atom. The van der Waals surface area contributed by atoms with Crippen LogP contribution in [-0.4, -0.2) is 13.0 Å². The Bertz CT molecular complexity index is 852. The van der Waals surface area contributed by atoms with Gasteiger partial charge in [-0.25, -0.2) is 0 Å². The van der Waals surface area contributed by atoms with Crippen LogP contribution in [0.2, 0.25) is 0 Å². The van der Waals surface area contributed by atoms with Crippen molar-refractivity contribution in [3.05, 3.63) is 48.0 Å². The Balaban J connectivity index is 0.00000420. The van der Waals surface area contributed by atoms with Crippen molar-refractivity contribution in [2.75, 3.05) is 0 Å². The molecule has 0 fully saturated rings. The van der Waals surface area contributed by atoms with E-state index < -0.39 is 20.8 Å². The van der Waals surface area contributed by atoms with Gasteiger partial charge in [-0.15, -0.1) is 0 Å². The first-order chi connectivity index (χ1) is 13.4. The Morgan fingerprint density at radius 3 is 2.21 bits per heavy atom. The molecule has 0 aliphatic rings. The smallest absolute Gasteiger partial charge is 0.870 e. The number of ether oxygens (including phenoxy) is 1. The second-order valence-corrected chi connectivity index (χ2v) is 8.42. The monoisotopic (exact) mass is 444 g/mol. The summed E-state index contributed by atoms with van der Waals surface area (Å²) >= 11 is 0. The number of rotatable bonds is 12. The maximum atomic E-state index is 12.0. The van der Waals surface area contributed by atoms with E-state index in [2.05, 4.69) is 6.92 Å². The van der Waals surface area contributed by atoms with Gasteiger partial charge in [0, 0.05) is 0 Å². The summed E-state index contributed by atoms with van der Waals surface area (Å²) in [5.41, 5.74) is 1.07. The predicted molar refractivity (Wildman–Crippen MR) is 109 cm³/mol. The van der Waals surface area contributed by atoms with E-state index in [1.807, 2.05) is 18.2 Å². The van der Waals surface area contributed by atoms with Crippen molar-refractivity contribution in [2.45, 2.75) is 69.6 Å². The van der Waals surface area contributed by atoms with Crippen LogP contribution < -0.4 is 61.2 Å². The maximum Gasteiger partial charge on any atom is 1.00 e. The van der Waals surface area contributed by atoms with Gasteiger partial charge in [-0.2, -0.15) is 8.42 Å². The number of hydrogen-bond donors (Lipinski definition) is 1. The molecule has 0 saturated heterocycles. The van der Waals surface area contributed by atoms with E-state index in [-0.39, 0.29) is 57.1 Å². The molecule has 0 amide bonds. The van der Waals surface area contributed by atoms with Gasteiger partial charge in [0.2, 0.25) is 0 Å². The van der Waals surface area contributed by atoms with Crippen molar-refractivity contribution in [1.82, 2.24) is 0 Å². The van der Waals surface area contributed by atoms with Gasteiger partial charge in [-0.1, -0.05) is 81.9 Å². The van der Waals surface area contributed by atoms with Gasteiger partial charge in [0.05, 0.1) is 0 Å². The zero-order valence-corrected chi connectivity index (χ0v) is 21.3. The van der Waals surface area contributed by atoms with Crippen LogP contribution >= 0.6 is 0 Å². The molecule has 0 heterocycles. The topological polar surface area (TPSA) is 86.7 Å². The summed E-state index contributed by atoms with van der Waals surface area (Å²) < 4.78 is 37.8. The van der Waals surface area contributed by atoms with Crippen LogP contribution in [0.3, 0.4) is 0 Å². The van der Waals surface area contributed by atoms with Crippen LogP contribution in [0.15, 0.2) is 47.4 Å². The quantitative estimate of drug-likeness (QED) is 0.309. The number of benzene rings is 2. The van der Waals surface area contributed by atoms with E-state index in [1.54, 1.807) is 6.07 Å². The number of aryl methyl sites for hydroxylation is 1. The molecule has 5 nitrogen and oxygen atoms in total. The van der Waals surface area contributed by atoms with Crippen LogP contribution in [0.4, 0.5) is 0 Å². The minimum Gasteiger partial charge on any atom is -0.870 e. The minimum atomic E-state index is -4.54. The van der Waals surface area contributed by atoms with Crippen LogP contribution in [-0.2, 0) is 16.5 Å². The summed E-state index contributed by atoms with van der Waals surface area (Å²) in [5, 5.41) is 12.0. The van der Waals surface area contributed by atoms with Gasteiger partial charge >= 0.3 is 51.4 Å². The van der Waals surface area contributed by atoms with Gasteiger partial charge in [0.15, 0.2) is 0 Å². The second kappa shape index (κ2) is 13.8. The molecule has 1 N–H and O–H groups in total. The second-order valence-electron chi connectivity index (χ2n) is 7.03. The third kappa shape index (κ3) is 9.51. The summed E-state index contributed by atoms with van der Waals surface area (Å²) in [7, 11) is -4.54. The van der Waals surface area contributed by atoms with Crippen LogP contribution in [0.5, 0.6) is 17.2 Å². The fourth-order valence-electron chi connectivity index (χ4n) is 3.14. The molecule has 2 rings (SSSR count). The van der Waals surface area contributed by atoms with Crippen molar-refractivity contribution in [1.29, 1.82) is 0 Å². The Labute approximate surface area is 217 Å². The van der Waals surface area contributed by atoms with Crippen LogP contribution in [0, 0.1) is 0 Å². The van der Waals surface area contributed by atoms with E-state index in [0.29, 0.717) is 5.75 Å². The molecule has 154 valence electrons.